The average molecular weight is 403 g/mol. The SMILES string of the molecule is CC(C)CCC[C@H](C)[C@@H]1CC[C@@H]2[C@H]3CC(=O)[C@@H]4C[C@@H](O)CC[C@@]4(C)[C@@H]3CC[C@]21C. The van der Waals surface area contributed by atoms with Crippen molar-refractivity contribution in [2.24, 2.45) is 52.3 Å². The van der Waals surface area contributed by atoms with Gasteiger partial charge in [-0.3, -0.25) is 4.79 Å². The topological polar surface area (TPSA) is 37.3 Å². The Balaban J connectivity index is 1.50. The summed E-state index contributed by atoms with van der Waals surface area (Å²) in [6.45, 7) is 12.2. The second-order valence-electron chi connectivity index (χ2n) is 12.6. The van der Waals surface area contributed by atoms with E-state index in [1.165, 1.54) is 44.9 Å². The van der Waals surface area contributed by atoms with E-state index in [0.717, 1.165) is 49.4 Å². The molecule has 0 saturated heterocycles. The number of carbonyl (C=O) groups excluding carboxylic acids is 1. The third-order valence-electron chi connectivity index (χ3n) is 10.6. The monoisotopic (exact) mass is 402 g/mol. The lowest BCUT2D eigenvalue weighted by molar-refractivity contribution is -0.160. The standard InChI is InChI=1S/C27H46O2/c1-17(2)7-6-8-18(3)21-9-10-22-20-16-25(29)24-15-19(28)11-13-27(24,5)23(20)12-14-26(21,22)4/h17-24,28H,6-16H2,1-5H3/t18-,19-,20+,21-,22+,23+,24-,26-,27-/m0/s1. The van der Waals surface area contributed by atoms with E-state index in [1.54, 1.807) is 0 Å². The van der Waals surface area contributed by atoms with Crippen molar-refractivity contribution in [1.29, 1.82) is 0 Å². The van der Waals surface area contributed by atoms with Gasteiger partial charge in [-0.25, -0.2) is 0 Å². The number of Topliss-reactive ketones (excluding diaryl/α,β-unsaturated/α-hetero) is 1. The van der Waals surface area contributed by atoms with Gasteiger partial charge in [-0.1, -0.05) is 53.9 Å². The molecule has 0 aromatic rings. The fourth-order valence-electron chi connectivity index (χ4n) is 9.04. The Labute approximate surface area is 179 Å². The van der Waals surface area contributed by atoms with Crippen molar-refractivity contribution >= 4 is 5.78 Å². The molecule has 0 aromatic heterocycles. The number of fused-ring (bicyclic) bond motifs is 5. The maximum atomic E-state index is 13.2. The van der Waals surface area contributed by atoms with Crippen LogP contribution in [0.2, 0.25) is 0 Å². The number of ketones is 1. The van der Waals surface area contributed by atoms with Crippen molar-refractivity contribution in [2.45, 2.75) is 111 Å². The lowest BCUT2D eigenvalue weighted by atomic mass is 9.44. The van der Waals surface area contributed by atoms with Crippen LogP contribution in [0.4, 0.5) is 0 Å². The van der Waals surface area contributed by atoms with Crippen LogP contribution in [0.15, 0.2) is 0 Å². The first-order valence-electron chi connectivity index (χ1n) is 12.9. The van der Waals surface area contributed by atoms with Crippen LogP contribution in [0, 0.1) is 52.3 Å². The molecule has 0 radical (unpaired) electrons. The van der Waals surface area contributed by atoms with Crippen LogP contribution in [0.5, 0.6) is 0 Å². The van der Waals surface area contributed by atoms with E-state index in [9.17, 15) is 9.90 Å². The van der Waals surface area contributed by atoms with Crippen LogP contribution >= 0.6 is 0 Å². The van der Waals surface area contributed by atoms with Gasteiger partial charge in [0.2, 0.25) is 0 Å². The molecule has 0 aliphatic heterocycles. The zero-order valence-corrected chi connectivity index (χ0v) is 19.8. The Morgan fingerprint density at radius 1 is 0.966 bits per heavy atom. The van der Waals surface area contributed by atoms with Crippen LogP contribution < -0.4 is 0 Å². The summed E-state index contributed by atoms with van der Waals surface area (Å²) in [5.41, 5.74) is 0.609. The average Bonchev–Trinajstić information content (AvgIpc) is 3.00. The van der Waals surface area contributed by atoms with Crippen LogP contribution in [0.3, 0.4) is 0 Å². The van der Waals surface area contributed by atoms with E-state index in [1.807, 2.05) is 0 Å². The smallest absolute Gasteiger partial charge is 0.136 e. The summed E-state index contributed by atoms with van der Waals surface area (Å²) in [7, 11) is 0. The minimum atomic E-state index is -0.245. The molecule has 0 aromatic carbocycles. The van der Waals surface area contributed by atoms with Crippen molar-refractivity contribution < 1.29 is 9.90 Å². The van der Waals surface area contributed by atoms with Crippen molar-refractivity contribution in [2.75, 3.05) is 0 Å². The van der Waals surface area contributed by atoms with Gasteiger partial charge in [0, 0.05) is 12.3 Å². The predicted molar refractivity (Wildman–Crippen MR) is 119 cm³/mol. The predicted octanol–water partition coefficient (Wildman–Crippen LogP) is 6.65. The van der Waals surface area contributed by atoms with E-state index in [-0.39, 0.29) is 17.4 Å². The normalized spacial score (nSPS) is 48.2. The maximum absolute atomic E-state index is 13.2. The van der Waals surface area contributed by atoms with Crippen molar-refractivity contribution in [3.8, 4) is 0 Å². The summed E-state index contributed by atoms with van der Waals surface area (Å²) < 4.78 is 0. The van der Waals surface area contributed by atoms with Gasteiger partial charge in [0.15, 0.2) is 0 Å². The Morgan fingerprint density at radius 2 is 1.66 bits per heavy atom. The molecular weight excluding hydrogens is 356 g/mol. The Bertz CT molecular complexity index is 612. The van der Waals surface area contributed by atoms with E-state index >= 15 is 0 Å². The van der Waals surface area contributed by atoms with Crippen LogP contribution in [-0.2, 0) is 4.79 Å². The number of hydrogen-bond acceptors (Lipinski definition) is 2. The van der Waals surface area contributed by atoms with Crippen molar-refractivity contribution in [3.63, 3.8) is 0 Å². The molecular formula is C27H46O2. The number of aliphatic hydroxyl groups is 1. The maximum Gasteiger partial charge on any atom is 0.136 e. The molecule has 4 aliphatic carbocycles. The summed E-state index contributed by atoms with van der Waals surface area (Å²) in [6, 6.07) is 0. The van der Waals surface area contributed by atoms with E-state index in [4.69, 9.17) is 0 Å². The highest BCUT2D eigenvalue weighted by molar-refractivity contribution is 5.83. The molecule has 2 heteroatoms. The summed E-state index contributed by atoms with van der Waals surface area (Å²) in [5, 5.41) is 10.2. The van der Waals surface area contributed by atoms with Crippen LogP contribution in [-0.4, -0.2) is 17.0 Å². The highest BCUT2D eigenvalue weighted by Crippen LogP contribution is 2.67. The molecule has 4 aliphatic rings. The lowest BCUT2D eigenvalue weighted by Crippen LogP contribution is -2.57. The van der Waals surface area contributed by atoms with Gasteiger partial charge in [-0.05, 0) is 91.3 Å². The first-order valence-corrected chi connectivity index (χ1v) is 12.9. The van der Waals surface area contributed by atoms with Crippen LogP contribution in [0.1, 0.15) is 105 Å². The molecule has 4 fully saturated rings. The Hall–Kier alpha value is -0.370. The Morgan fingerprint density at radius 3 is 2.38 bits per heavy atom. The third kappa shape index (κ3) is 3.64. The molecule has 29 heavy (non-hydrogen) atoms. The van der Waals surface area contributed by atoms with Gasteiger partial charge in [-0.15, -0.1) is 0 Å². The summed E-state index contributed by atoms with van der Waals surface area (Å²) in [5.74, 6) is 5.21. The molecule has 0 heterocycles. The van der Waals surface area contributed by atoms with E-state index < -0.39 is 0 Å². The lowest BCUT2D eigenvalue weighted by Gasteiger charge is -2.60. The molecule has 166 valence electrons. The van der Waals surface area contributed by atoms with E-state index in [2.05, 4.69) is 34.6 Å². The van der Waals surface area contributed by atoms with Gasteiger partial charge < -0.3 is 5.11 Å². The quantitative estimate of drug-likeness (QED) is 0.559. The summed E-state index contributed by atoms with van der Waals surface area (Å²) >= 11 is 0. The number of carbonyl (C=O) groups is 1. The molecule has 0 spiro atoms. The molecule has 4 rings (SSSR count). The first-order chi connectivity index (χ1) is 13.7. The molecule has 0 bridgehead atoms. The zero-order valence-electron chi connectivity index (χ0n) is 19.8. The first kappa shape index (κ1) is 21.8. The second-order valence-corrected chi connectivity index (χ2v) is 12.6. The largest absolute Gasteiger partial charge is 0.393 e. The zero-order chi connectivity index (χ0) is 21.0. The van der Waals surface area contributed by atoms with Gasteiger partial charge in [0.05, 0.1) is 6.10 Å². The highest BCUT2D eigenvalue weighted by Gasteiger charge is 2.62. The molecule has 0 amide bonds. The Kier molecular flexibility index (Phi) is 5.99. The highest BCUT2D eigenvalue weighted by atomic mass is 16.3. The number of rotatable bonds is 5. The van der Waals surface area contributed by atoms with Gasteiger partial charge in [0.25, 0.3) is 0 Å². The molecule has 2 nitrogen and oxygen atoms in total. The fraction of sp³-hybridized carbons (Fsp3) is 0.963. The minimum Gasteiger partial charge on any atom is -0.393 e. The minimum absolute atomic E-state index is 0.129. The van der Waals surface area contributed by atoms with Gasteiger partial charge in [0.1, 0.15) is 5.78 Å². The number of aliphatic hydroxyl groups excluding tert-OH is 1. The van der Waals surface area contributed by atoms with Crippen LogP contribution in [0.25, 0.3) is 0 Å². The van der Waals surface area contributed by atoms with Crippen molar-refractivity contribution in [3.05, 3.63) is 0 Å². The molecule has 9 atom stereocenters. The summed E-state index contributed by atoms with van der Waals surface area (Å²) in [4.78, 5) is 13.2. The molecule has 0 unspecified atom stereocenters. The summed E-state index contributed by atoms with van der Waals surface area (Å²) in [6.07, 6.45) is 12.8. The van der Waals surface area contributed by atoms with Gasteiger partial charge in [-0.2, -0.15) is 0 Å². The van der Waals surface area contributed by atoms with E-state index in [0.29, 0.717) is 23.0 Å². The van der Waals surface area contributed by atoms with Crippen molar-refractivity contribution in [1.82, 2.24) is 0 Å². The fourth-order valence-corrected chi connectivity index (χ4v) is 9.04. The second kappa shape index (κ2) is 7.95. The number of hydrogen-bond donors (Lipinski definition) is 1. The van der Waals surface area contributed by atoms with Gasteiger partial charge >= 0.3 is 0 Å². The molecule has 1 N–H and O–H groups in total. The third-order valence-corrected chi connectivity index (χ3v) is 10.6. The molecule has 4 saturated carbocycles.